The van der Waals surface area contributed by atoms with Crippen molar-refractivity contribution >= 4 is 35.1 Å². The molecule has 0 radical (unpaired) electrons. The van der Waals surface area contributed by atoms with Crippen LogP contribution in [0.25, 0.3) is 0 Å². The summed E-state index contributed by atoms with van der Waals surface area (Å²) in [5.41, 5.74) is 0.209. The van der Waals surface area contributed by atoms with Crippen LogP contribution in [-0.2, 0) is 9.53 Å². The van der Waals surface area contributed by atoms with Crippen LogP contribution in [0.15, 0.2) is 18.2 Å². The number of hydrogen-bond donors (Lipinski definition) is 0. The van der Waals surface area contributed by atoms with E-state index in [0.29, 0.717) is 10.9 Å². The lowest BCUT2D eigenvalue weighted by Crippen LogP contribution is -2.40. The van der Waals surface area contributed by atoms with E-state index in [1.165, 1.54) is 12.1 Å². The summed E-state index contributed by atoms with van der Waals surface area (Å²) in [4.78, 5) is 25.6. The van der Waals surface area contributed by atoms with Crippen molar-refractivity contribution in [2.24, 2.45) is 5.92 Å². The van der Waals surface area contributed by atoms with Gasteiger partial charge >= 0.3 is 5.97 Å². The Labute approximate surface area is 134 Å². The number of nitrogens with zero attached hydrogens (tertiary/aromatic N) is 1. The summed E-state index contributed by atoms with van der Waals surface area (Å²) in [5.74, 6) is -0.139. The first-order chi connectivity index (χ1) is 9.97. The Morgan fingerprint density at radius 1 is 1.29 bits per heavy atom. The Kier molecular flexibility index (Phi) is 5.48. The second-order valence-corrected chi connectivity index (χ2v) is 6.11. The average Bonchev–Trinajstić information content (AvgIpc) is 2.45. The van der Waals surface area contributed by atoms with Gasteiger partial charge in [-0.05, 0) is 37.0 Å². The first kappa shape index (κ1) is 16.1. The van der Waals surface area contributed by atoms with Crippen LogP contribution < -0.4 is 0 Å². The molecular formula is C15H17Cl2NO3. The minimum Gasteiger partial charge on any atom is -0.452 e. The van der Waals surface area contributed by atoms with Gasteiger partial charge in [-0.15, -0.1) is 0 Å². The summed E-state index contributed by atoms with van der Waals surface area (Å²) in [6, 6.07) is 4.51. The SMILES string of the molecule is CC1CCN(C(=O)COC(=O)c2ccc(Cl)cc2Cl)CC1. The quantitative estimate of drug-likeness (QED) is 0.798. The molecule has 1 amide bonds. The van der Waals surface area contributed by atoms with Crippen LogP contribution in [0.2, 0.25) is 10.0 Å². The molecule has 0 atom stereocenters. The van der Waals surface area contributed by atoms with Gasteiger partial charge in [-0.3, -0.25) is 4.79 Å². The predicted octanol–water partition coefficient (Wildman–Crippen LogP) is 3.41. The Bertz CT molecular complexity index is 540. The highest BCUT2D eigenvalue weighted by Crippen LogP contribution is 2.22. The zero-order chi connectivity index (χ0) is 15.4. The Morgan fingerprint density at radius 2 is 1.95 bits per heavy atom. The molecule has 6 heteroatoms. The maximum Gasteiger partial charge on any atom is 0.340 e. The fourth-order valence-corrected chi connectivity index (χ4v) is 2.69. The molecule has 0 saturated carbocycles. The van der Waals surface area contributed by atoms with Gasteiger partial charge in [0.1, 0.15) is 0 Å². The van der Waals surface area contributed by atoms with E-state index in [1.807, 2.05) is 0 Å². The summed E-state index contributed by atoms with van der Waals surface area (Å²) in [5, 5.41) is 0.654. The van der Waals surface area contributed by atoms with Gasteiger partial charge in [-0.2, -0.15) is 0 Å². The van der Waals surface area contributed by atoms with Crippen molar-refractivity contribution in [1.82, 2.24) is 4.90 Å². The highest BCUT2D eigenvalue weighted by atomic mass is 35.5. The third kappa shape index (κ3) is 4.35. The number of carbonyl (C=O) groups is 2. The van der Waals surface area contributed by atoms with Crippen LogP contribution >= 0.6 is 23.2 Å². The second kappa shape index (κ2) is 7.14. The largest absolute Gasteiger partial charge is 0.452 e. The summed E-state index contributed by atoms with van der Waals surface area (Å²) in [7, 11) is 0. The van der Waals surface area contributed by atoms with E-state index in [1.54, 1.807) is 11.0 Å². The number of halogens is 2. The third-order valence-electron chi connectivity index (χ3n) is 3.61. The normalized spacial score (nSPS) is 15.9. The van der Waals surface area contributed by atoms with Gasteiger partial charge in [-0.1, -0.05) is 30.1 Å². The van der Waals surface area contributed by atoms with Crippen molar-refractivity contribution < 1.29 is 14.3 Å². The number of ether oxygens (including phenoxy) is 1. The summed E-state index contributed by atoms with van der Waals surface area (Å²) < 4.78 is 5.03. The van der Waals surface area contributed by atoms with Crippen molar-refractivity contribution in [1.29, 1.82) is 0 Å². The molecule has 21 heavy (non-hydrogen) atoms. The molecule has 0 aromatic heterocycles. The van der Waals surface area contributed by atoms with Crippen LogP contribution in [0, 0.1) is 5.92 Å². The van der Waals surface area contributed by atoms with Gasteiger partial charge in [0.2, 0.25) is 0 Å². The summed E-state index contributed by atoms with van der Waals surface area (Å²) in [6.45, 7) is 3.36. The standard InChI is InChI=1S/C15H17Cl2NO3/c1-10-4-6-18(7-5-10)14(19)9-21-15(20)12-3-2-11(16)8-13(12)17/h2-3,8,10H,4-7,9H2,1H3. The van der Waals surface area contributed by atoms with Gasteiger partial charge in [0, 0.05) is 18.1 Å². The molecule has 1 saturated heterocycles. The van der Waals surface area contributed by atoms with Crippen molar-refractivity contribution in [3.63, 3.8) is 0 Å². The average molecular weight is 330 g/mol. The monoisotopic (exact) mass is 329 g/mol. The Hall–Kier alpha value is -1.26. The van der Waals surface area contributed by atoms with E-state index < -0.39 is 5.97 Å². The van der Waals surface area contributed by atoms with Gasteiger partial charge in [0.25, 0.3) is 5.91 Å². The van der Waals surface area contributed by atoms with E-state index in [9.17, 15) is 9.59 Å². The molecule has 1 aliphatic heterocycles. The van der Waals surface area contributed by atoms with Crippen LogP contribution in [0.3, 0.4) is 0 Å². The fraction of sp³-hybridized carbons (Fsp3) is 0.467. The van der Waals surface area contributed by atoms with Crippen molar-refractivity contribution in [3.8, 4) is 0 Å². The number of piperidine rings is 1. The molecule has 1 aromatic carbocycles. The minimum absolute atomic E-state index is 0.166. The molecule has 1 fully saturated rings. The molecule has 2 rings (SSSR count). The molecule has 4 nitrogen and oxygen atoms in total. The van der Waals surface area contributed by atoms with E-state index in [0.717, 1.165) is 25.9 Å². The van der Waals surface area contributed by atoms with Crippen molar-refractivity contribution in [3.05, 3.63) is 33.8 Å². The van der Waals surface area contributed by atoms with Gasteiger partial charge in [0.05, 0.1) is 10.6 Å². The van der Waals surface area contributed by atoms with Gasteiger partial charge < -0.3 is 9.64 Å². The maximum atomic E-state index is 12.0. The summed E-state index contributed by atoms with van der Waals surface area (Å²) >= 11 is 11.7. The molecule has 1 aromatic rings. The first-order valence-electron chi connectivity index (χ1n) is 6.87. The second-order valence-electron chi connectivity index (χ2n) is 5.26. The number of rotatable bonds is 3. The molecule has 0 spiro atoms. The zero-order valence-electron chi connectivity index (χ0n) is 11.8. The van der Waals surface area contributed by atoms with E-state index in [-0.39, 0.29) is 23.1 Å². The number of likely N-dealkylation sites (tertiary alicyclic amines) is 1. The number of esters is 1. The highest BCUT2D eigenvalue weighted by Gasteiger charge is 2.22. The summed E-state index contributed by atoms with van der Waals surface area (Å²) in [6.07, 6.45) is 1.98. The molecular weight excluding hydrogens is 313 g/mol. The molecule has 0 N–H and O–H groups in total. The lowest BCUT2D eigenvalue weighted by atomic mass is 9.99. The molecule has 1 aliphatic rings. The maximum absolute atomic E-state index is 12.0. The topological polar surface area (TPSA) is 46.6 Å². The minimum atomic E-state index is -0.615. The van der Waals surface area contributed by atoms with Gasteiger partial charge in [-0.25, -0.2) is 4.79 Å². The van der Waals surface area contributed by atoms with E-state index in [4.69, 9.17) is 27.9 Å². The van der Waals surface area contributed by atoms with Crippen LogP contribution in [0.1, 0.15) is 30.1 Å². The lowest BCUT2D eigenvalue weighted by molar-refractivity contribution is -0.135. The number of hydrogen-bond acceptors (Lipinski definition) is 3. The highest BCUT2D eigenvalue weighted by molar-refractivity contribution is 6.36. The van der Waals surface area contributed by atoms with Crippen LogP contribution in [-0.4, -0.2) is 36.5 Å². The number of amides is 1. The van der Waals surface area contributed by atoms with Gasteiger partial charge in [0.15, 0.2) is 6.61 Å². The molecule has 0 bridgehead atoms. The van der Waals surface area contributed by atoms with Crippen LogP contribution in [0.4, 0.5) is 0 Å². The van der Waals surface area contributed by atoms with E-state index >= 15 is 0 Å². The number of benzene rings is 1. The lowest BCUT2D eigenvalue weighted by Gasteiger charge is -2.30. The van der Waals surface area contributed by atoms with Crippen molar-refractivity contribution in [2.45, 2.75) is 19.8 Å². The smallest absolute Gasteiger partial charge is 0.340 e. The molecule has 114 valence electrons. The number of carbonyl (C=O) groups excluding carboxylic acids is 2. The third-order valence-corrected chi connectivity index (χ3v) is 4.16. The first-order valence-corrected chi connectivity index (χ1v) is 7.63. The molecule has 0 aliphatic carbocycles. The molecule has 0 unspecified atom stereocenters. The Morgan fingerprint density at radius 3 is 2.57 bits per heavy atom. The fourth-order valence-electron chi connectivity index (χ4n) is 2.21. The van der Waals surface area contributed by atoms with E-state index in [2.05, 4.69) is 6.92 Å². The van der Waals surface area contributed by atoms with Crippen molar-refractivity contribution in [2.75, 3.05) is 19.7 Å². The molecule has 1 heterocycles. The Balaban J connectivity index is 1.87. The van der Waals surface area contributed by atoms with Crippen LogP contribution in [0.5, 0.6) is 0 Å². The zero-order valence-corrected chi connectivity index (χ0v) is 13.3. The predicted molar refractivity (Wildman–Crippen MR) is 81.7 cm³/mol.